The zero-order valence-electron chi connectivity index (χ0n) is 15.1. The predicted molar refractivity (Wildman–Crippen MR) is 93.9 cm³/mol. The molecule has 1 N–H and O–H groups in total. The van der Waals surface area contributed by atoms with Gasteiger partial charge in [-0.1, -0.05) is 19.0 Å². The van der Waals surface area contributed by atoms with E-state index in [2.05, 4.69) is 15.6 Å². The Morgan fingerprint density at radius 3 is 2.77 bits per heavy atom. The molecular weight excluding hydrogens is 358 g/mol. The normalized spacial score (nSPS) is 15.7. The lowest BCUT2D eigenvalue weighted by molar-refractivity contribution is 0.0941. The van der Waals surface area contributed by atoms with Gasteiger partial charge in [0.25, 0.3) is 5.91 Å². The fourth-order valence-electron chi connectivity index (χ4n) is 2.79. The number of fused-ring (bicyclic) bond motifs is 1. The maximum atomic E-state index is 12.2. The first-order chi connectivity index (χ1) is 12.2. The second-order valence-corrected chi connectivity index (χ2v) is 8.73. The second kappa shape index (κ2) is 7.20. The summed E-state index contributed by atoms with van der Waals surface area (Å²) in [5.41, 5.74) is 1.73. The van der Waals surface area contributed by atoms with Crippen LogP contribution in [-0.4, -0.2) is 46.4 Å². The van der Waals surface area contributed by atoms with Crippen LogP contribution in [0.5, 0.6) is 0 Å². The summed E-state index contributed by atoms with van der Waals surface area (Å²) in [6, 6.07) is 3.46. The Morgan fingerprint density at radius 2 is 2.12 bits per heavy atom. The first-order valence-electron chi connectivity index (χ1n) is 8.49. The highest BCUT2D eigenvalue weighted by Crippen LogP contribution is 2.17. The Hall–Kier alpha value is -2.20. The van der Waals surface area contributed by atoms with E-state index in [0.29, 0.717) is 37.5 Å². The summed E-state index contributed by atoms with van der Waals surface area (Å²) in [5.74, 6) is 0.483. The average Bonchev–Trinajstić information content (AvgIpc) is 3.14. The molecule has 0 saturated heterocycles. The van der Waals surface area contributed by atoms with Crippen LogP contribution in [0.2, 0.25) is 0 Å². The number of aromatic nitrogens is 3. The van der Waals surface area contributed by atoms with Crippen LogP contribution in [0.15, 0.2) is 16.7 Å². The van der Waals surface area contributed by atoms with Crippen molar-refractivity contribution in [3.63, 3.8) is 0 Å². The summed E-state index contributed by atoms with van der Waals surface area (Å²) in [5, 5.41) is 11.0. The molecular formula is C16H23N5O4S. The molecule has 1 aliphatic heterocycles. The predicted octanol–water partition coefficient (Wildman–Crippen LogP) is 1.09. The molecule has 1 aliphatic rings. The molecule has 0 atom stereocenters. The van der Waals surface area contributed by atoms with Crippen LogP contribution in [-0.2, 0) is 29.7 Å². The SMILES string of the molecule is CC(C)c1cc(C(=O)NCc2cc3n(n2)CCCN(S(C)(=O)=O)C3)no1. The van der Waals surface area contributed by atoms with Crippen molar-refractivity contribution in [2.24, 2.45) is 0 Å². The monoisotopic (exact) mass is 381 g/mol. The lowest BCUT2D eigenvalue weighted by Gasteiger charge is -2.16. The van der Waals surface area contributed by atoms with E-state index in [9.17, 15) is 13.2 Å². The highest BCUT2D eigenvalue weighted by Gasteiger charge is 2.23. The van der Waals surface area contributed by atoms with Gasteiger partial charge in [-0.3, -0.25) is 9.48 Å². The van der Waals surface area contributed by atoms with E-state index < -0.39 is 10.0 Å². The van der Waals surface area contributed by atoms with E-state index in [4.69, 9.17) is 4.52 Å². The molecule has 10 heteroatoms. The van der Waals surface area contributed by atoms with Gasteiger partial charge in [-0.25, -0.2) is 8.42 Å². The van der Waals surface area contributed by atoms with Crippen LogP contribution in [0.1, 0.15) is 53.8 Å². The van der Waals surface area contributed by atoms with Gasteiger partial charge >= 0.3 is 0 Å². The van der Waals surface area contributed by atoms with Crippen LogP contribution in [0.4, 0.5) is 0 Å². The van der Waals surface area contributed by atoms with Crippen molar-refractivity contribution in [2.75, 3.05) is 12.8 Å². The summed E-state index contributed by atoms with van der Waals surface area (Å²) in [6.07, 6.45) is 1.91. The summed E-state index contributed by atoms with van der Waals surface area (Å²) >= 11 is 0. The molecule has 0 radical (unpaired) electrons. The summed E-state index contributed by atoms with van der Waals surface area (Å²) < 4.78 is 32.0. The van der Waals surface area contributed by atoms with Gasteiger partial charge in [0.1, 0.15) is 5.76 Å². The highest BCUT2D eigenvalue weighted by atomic mass is 32.2. The van der Waals surface area contributed by atoms with Gasteiger partial charge in [0, 0.05) is 25.1 Å². The molecule has 2 aromatic heterocycles. The van der Waals surface area contributed by atoms with Gasteiger partial charge in [-0.05, 0) is 12.5 Å². The van der Waals surface area contributed by atoms with E-state index in [1.165, 1.54) is 10.6 Å². The van der Waals surface area contributed by atoms with Crippen molar-refractivity contribution in [3.05, 3.63) is 35.0 Å². The van der Waals surface area contributed by atoms with Gasteiger partial charge in [0.2, 0.25) is 10.0 Å². The van der Waals surface area contributed by atoms with Crippen molar-refractivity contribution < 1.29 is 17.7 Å². The van der Waals surface area contributed by atoms with E-state index in [1.54, 1.807) is 10.7 Å². The Morgan fingerprint density at radius 1 is 1.35 bits per heavy atom. The Balaban J connectivity index is 1.65. The minimum absolute atomic E-state index is 0.158. The molecule has 3 heterocycles. The summed E-state index contributed by atoms with van der Waals surface area (Å²) in [6.45, 7) is 5.58. The third-order valence-electron chi connectivity index (χ3n) is 4.26. The molecule has 0 aromatic carbocycles. The van der Waals surface area contributed by atoms with Gasteiger partial charge in [-0.2, -0.15) is 9.40 Å². The fraction of sp³-hybridized carbons (Fsp3) is 0.562. The molecule has 0 unspecified atom stereocenters. The number of carbonyl (C=O) groups excluding carboxylic acids is 1. The summed E-state index contributed by atoms with van der Waals surface area (Å²) in [7, 11) is -3.25. The van der Waals surface area contributed by atoms with E-state index in [0.717, 1.165) is 5.69 Å². The number of hydrogen-bond acceptors (Lipinski definition) is 6. The third kappa shape index (κ3) is 4.13. The quantitative estimate of drug-likeness (QED) is 0.830. The van der Waals surface area contributed by atoms with Crippen molar-refractivity contribution in [3.8, 4) is 0 Å². The molecule has 26 heavy (non-hydrogen) atoms. The van der Waals surface area contributed by atoms with Crippen molar-refractivity contribution in [1.82, 2.24) is 24.6 Å². The maximum Gasteiger partial charge on any atom is 0.273 e. The van der Waals surface area contributed by atoms with Crippen LogP contribution in [0, 0.1) is 0 Å². The Labute approximate surface area is 152 Å². The first kappa shape index (κ1) is 18.6. The molecule has 142 valence electrons. The number of rotatable bonds is 5. The van der Waals surface area contributed by atoms with Gasteiger partial charge < -0.3 is 9.84 Å². The Kier molecular flexibility index (Phi) is 5.15. The van der Waals surface area contributed by atoms with Gasteiger partial charge in [-0.15, -0.1) is 0 Å². The Bertz CT molecular complexity index is 900. The lowest BCUT2D eigenvalue weighted by atomic mass is 10.1. The zero-order valence-corrected chi connectivity index (χ0v) is 15.9. The van der Waals surface area contributed by atoms with Crippen LogP contribution >= 0.6 is 0 Å². The smallest absolute Gasteiger partial charge is 0.273 e. The number of sulfonamides is 1. The molecule has 2 aromatic rings. The standard InChI is InChI=1S/C16H23N5O4S/c1-11(2)15-8-14(19-25-15)16(22)17-9-12-7-13-10-20(26(3,23)24)5-4-6-21(13)18-12/h7-8,11H,4-6,9-10H2,1-3H3,(H,17,22). The fourth-order valence-corrected chi connectivity index (χ4v) is 3.62. The molecule has 0 saturated carbocycles. The van der Waals surface area contributed by atoms with Gasteiger partial charge in [0.15, 0.2) is 5.69 Å². The maximum absolute atomic E-state index is 12.2. The number of aryl methyl sites for hydroxylation is 1. The molecule has 0 bridgehead atoms. The van der Waals surface area contributed by atoms with Crippen molar-refractivity contribution in [1.29, 1.82) is 0 Å². The molecule has 1 amide bonds. The van der Waals surface area contributed by atoms with Gasteiger partial charge in [0.05, 0.1) is 30.7 Å². The minimum Gasteiger partial charge on any atom is -0.360 e. The largest absolute Gasteiger partial charge is 0.360 e. The van der Waals surface area contributed by atoms with E-state index in [1.807, 2.05) is 19.9 Å². The number of carbonyl (C=O) groups is 1. The third-order valence-corrected chi connectivity index (χ3v) is 5.51. The van der Waals surface area contributed by atoms with Crippen LogP contribution in [0.25, 0.3) is 0 Å². The van der Waals surface area contributed by atoms with Crippen LogP contribution < -0.4 is 5.32 Å². The number of amides is 1. The van der Waals surface area contributed by atoms with Crippen molar-refractivity contribution >= 4 is 15.9 Å². The van der Waals surface area contributed by atoms with Crippen LogP contribution in [0.3, 0.4) is 0 Å². The first-order valence-corrected chi connectivity index (χ1v) is 10.3. The average molecular weight is 381 g/mol. The highest BCUT2D eigenvalue weighted by molar-refractivity contribution is 7.88. The topological polar surface area (TPSA) is 110 Å². The van der Waals surface area contributed by atoms with E-state index >= 15 is 0 Å². The van der Waals surface area contributed by atoms with E-state index in [-0.39, 0.29) is 24.1 Å². The lowest BCUT2D eigenvalue weighted by Crippen LogP contribution is -2.29. The minimum atomic E-state index is -3.25. The van der Waals surface area contributed by atoms with Crippen molar-refractivity contribution in [2.45, 2.75) is 45.8 Å². The number of nitrogens with zero attached hydrogens (tertiary/aromatic N) is 4. The molecule has 9 nitrogen and oxygen atoms in total. The zero-order chi connectivity index (χ0) is 18.9. The number of hydrogen-bond donors (Lipinski definition) is 1. The molecule has 3 rings (SSSR count). The molecule has 0 spiro atoms. The summed E-state index contributed by atoms with van der Waals surface area (Å²) in [4.78, 5) is 12.2. The second-order valence-electron chi connectivity index (χ2n) is 6.75. The molecule has 0 aliphatic carbocycles. The number of nitrogens with one attached hydrogen (secondary N) is 1. The molecule has 0 fully saturated rings.